The third kappa shape index (κ3) is 5.02. The second-order valence-electron chi connectivity index (χ2n) is 7.51. The minimum absolute atomic E-state index is 0. The highest BCUT2D eigenvalue weighted by molar-refractivity contribution is 7.89. The Morgan fingerprint density at radius 3 is 2.52 bits per heavy atom. The van der Waals surface area contributed by atoms with Crippen molar-refractivity contribution in [3.05, 3.63) is 29.8 Å². The summed E-state index contributed by atoms with van der Waals surface area (Å²) in [5, 5.41) is 3.17. The molecule has 0 aromatic heterocycles. The van der Waals surface area contributed by atoms with Crippen LogP contribution in [0, 0.1) is 18.8 Å². The van der Waals surface area contributed by atoms with Gasteiger partial charge in [0.2, 0.25) is 15.9 Å². The maximum Gasteiger partial charge on any atom is 0.243 e. The van der Waals surface area contributed by atoms with Crippen molar-refractivity contribution in [1.82, 2.24) is 14.5 Å². The van der Waals surface area contributed by atoms with E-state index in [2.05, 4.69) is 5.32 Å². The van der Waals surface area contributed by atoms with Crippen LogP contribution in [0.1, 0.15) is 24.8 Å². The summed E-state index contributed by atoms with van der Waals surface area (Å²) in [5.74, 6) is 0.393. The van der Waals surface area contributed by atoms with E-state index >= 15 is 0 Å². The van der Waals surface area contributed by atoms with Crippen molar-refractivity contribution >= 4 is 28.3 Å². The lowest BCUT2D eigenvalue weighted by Gasteiger charge is -2.33. The largest absolute Gasteiger partial charge is 0.342 e. The first-order valence-corrected chi connectivity index (χ1v) is 10.9. The molecule has 2 aliphatic rings. The number of carbonyl (C=O) groups excluding carboxylic acids is 1. The van der Waals surface area contributed by atoms with Crippen molar-refractivity contribution < 1.29 is 13.2 Å². The van der Waals surface area contributed by atoms with Crippen molar-refractivity contribution in [3.63, 3.8) is 0 Å². The minimum Gasteiger partial charge on any atom is -0.342 e. The molecule has 1 aromatic rings. The smallest absolute Gasteiger partial charge is 0.243 e. The fourth-order valence-electron chi connectivity index (χ4n) is 3.97. The van der Waals surface area contributed by atoms with Crippen molar-refractivity contribution in [2.45, 2.75) is 31.1 Å². The number of aryl methyl sites for hydroxylation is 1. The highest BCUT2D eigenvalue weighted by Gasteiger charge is 2.36. The first kappa shape index (κ1) is 22.1. The standard InChI is InChI=1S/C19H29N3O3S.ClH/c1-15-5-7-18(8-6-15)26(24,25)22-10-3-4-17(14-22)19(23)21-11-9-16(13-21)12-20-2;/h5-8,16-17,20H,3-4,9-14H2,1-2H3;1H. The van der Waals surface area contributed by atoms with Gasteiger partial charge in [-0.25, -0.2) is 8.42 Å². The molecule has 8 heteroatoms. The molecule has 0 spiro atoms. The number of likely N-dealkylation sites (tertiary alicyclic amines) is 1. The molecule has 2 aliphatic heterocycles. The summed E-state index contributed by atoms with van der Waals surface area (Å²) in [6, 6.07) is 6.93. The number of halogens is 1. The molecule has 1 aromatic carbocycles. The van der Waals surface area contributed by atoms with Gasteiger partial charge in [-0.2, -0.15) is 4.31 Å². The summed E-state index contributed by atoms with van der Waals surface area (Å²) in [4.78, 5) is 15.1. The first-order valence-electron chi connectivity index (χ1n) is 9.42. The number of hydrogen-bond donors (Lipinski definition) is 1. The Morgan fingerprint density at radius 2 is 1.85 bits per heavy atom. The van der Waals surface area contributed by atoms with Crippen molar-refractivity contribution in [2.24, 2.45) is 11.8 Å². The number of nitrogens with zero attached hydrogens (tertiary/aromatic N) is 2. The third-order valence-electron chi connectivity index (χ3n) is 5.48. The van der Waals surface area contributed by atoms with Crippen LogP contribution in [0.2, 0.25) is 0 Å². The second kappa shape index (κ2) is 9.37. The number of rotatable bonds is 5. The van der Waals surface area contributed by atoms with Gasteiger partial charge in [-0.1, -0.05) is 17.7 Å². The Bertz CT molecular complexity index is 739. The molecule has 1 amide bonds. The molecule has 2 atom stereocenters. The van der Waals surface area contributed by atoms with Crippen LogP contribution in [-0.4, -0.2) is 63.3 Å². The normalized spacial score (nSPS) is 23.9. The lowest BCUT2D eigenvalue weighted by Crippen LogP contribution is -2.46. The van der Waals surface area contributed by atoms with E-state index in [4.69, 9.17) is 0 Å². The van der Waals surface area contributed by atoms with E-state index in [0.717, 1.165) is 44.5 Å². The lowest BCUT2D eigenvalue weighted by atomic mass is 9.98. The van der Waals surface area contributed by atoms with E-state index in [1.807, 2.05) is 31.0 Å². The van der Waals surface area contributed by atoms with Gasteiger partial charge in [0.05, 0.1) is 10.8 Å². The van der Waals surface area contributed by atoms with Gasteiger partial charge in [-0.05, 0) is 57.8 Å². The Balaban J connectivity index is 0.00000261. The maximum absolute atomic E-state index is 12.9. The van der Waals surface area contributed by atoms with Crippen LogP contribution in [0.4, 0.5) is 0 Å². The zero-order valence-electron chi connectivity index (χ0n) is 16.1. The molecule has 0 aliphatic carbocycles. The van der Waals surface area contributed by atoms with E-state index in [1.165, 1.54) is 4.31 Å². The number of sulfonamides is 1. The van der Waals surface area contributed by atoms with Gasteiger partial charge in [0.1, 0.15) is 0 Å². The minimum atomic E-state index is -3.54. The highest BCUT2D eigenvalue weighted by atomic mass is 35.5. The van der Waals surface area contributed by atoms with Gasteiger partial charge in [0.15, 0.2) is 0 Å². The quantitative estimate of drug-likeness (QED) is 0.797. The molecule has 6 nitrogen and oxygen atoms in total. The van der Waals surface area contributed by atoms with Crippen molar-refractivity contribution in [1.29, 1.82) is 0 Å². The fourth-order valence-corrected chi connectivity index (χ4v) is 5.49. The molecule has 0 bridgehead atoms. The number of piperidine rings is 1. The SMILES string of the molecule is CNCC1CCN(C(=O)C2CCCN(S(=O)(=O)c3ccc(C)cc3)C2)C1.Cl. The zero-order chi connectivity index (χ0) is 18.7. The van der Waals surface area contributed by atoms with Crippen LogP contribution in [0.15, 0.2) is 29.2 Å². The van der Waals surface area contributed by atoms with Crippen molar-refractivity contribution in [3.8, 4) is 0 Å². The van der Waals surface area contributed by atoms with Crippen molar-refractivity contribution in [2.75, 3.05) is 39.8 Å². The lowest BCUT2D eigenvalue weighted by molar-refractivity contribution is -0.135. The molecule has 0 radical (unpaired) electrons. The molecule has 2 unspecified atom stereocenters. The van der Waals surface area contributed by atoms with Gasteiger partial charge in [0.25, 0.3) is 0 Å². The number of benzene rings is 1. The van der Waals surface area contributed by atoms with Gasteiger partial charge < -0.3 is 10.2 Å². The topological polar surface area (TPSA) is 69.7 Å². The number of amides is 1. The second-order valence-corrected chi connectivity index (χ2v) is 9.45. The third-order valence-corrected chi connectivity index (χ3v) is 7.36. The summed E-state index contributed by atoms with van der Waals surface area (Å²) in [7, 11) is -1.61. The zero-order valence-corrected chi connectivity index (χ0v) is 17.7. The van der Waals surface area contributed by atoms with Crippen LogP contribution in [0.3, 0.4) is 0 Å². The molecular formula is C19H30ClN3O3S. The average molecular weight is 416 g/mol. The number of nitrogens with one attached hydrogen (secondary N) is 1. The highest BCUT2D eigenvalue weighted by Crippen LogP contribution is 2.27. The summed E-state index contributed by atoms with van der Waals surface area (Å²) >= 11 is 0. The number of carbonyl (C=O) groups is 1. The molecule has 152 valence electrons. The summed E-state index contributed by atoms with van der Waals surface area (Å²) in [6.45, 7) is 5.20. The van der Waals surface area contributed by atoms with E-state index in [-0.39, 0.29) is 24.2 Å². The Morgan fingerprint density at radius 1 is 1.15 bits per heavy atom. The molecule has 27 heavy (non-hydrogen) atoms. The molecule has 2 saturated heterocycles. The Kier molecular flexibility index (Phi) is 7.68. The molecule has 3 rings (SSSR count). The number of hydrogen-bond acceptors (Lipinski definition) is 4. The monoisotopic (exact) mass is 415 g/mol. The van der Waals surface area contributed by atoms with Crippen LogP contribution >= 0.6 is 12.4 Å². The predicted octanol–water partition coefficient (Wildman–Crippen LogP) is 1.89. The maximum atomic E-state index is 12.9. The molecule has 1 N–H and O–H groups in total. The fraction of sp³-hybridized carbons (Fsp3) is 0.632. The van der Waals surface area contributed by atoms with Crippen LogP contribution < -0.4 is 5.32 Å². The molecular weight excluding hydrogens is 386 g/mol. The van der Waals surface area contributed by atoms with Crippen LogP contribution in [-0.2, 0) is 14.8 Å². The first-order chi connectivity index (χ1) is 12.4. The van der Waals surface area contributed by atoms with Crippen LogP contribution in [0.25, 0.3) is 0 Å². The molecule has 0 saturated carbocycles. The predicted molar refractivity (Wildman–Crippen MR) is 109 cm³/mol. The molecule has 2 heterocycles. The summed E-state index contributed by atoms with van der Waals surface area (Å²) in [6.07, 6.45) is 2.52. The van der Waals surface area contributed by atoms with Gasteiger partial charge in [0, 0.05) is 26.2 Å². The van der Waals surface area contributed by atoms with E-state index < -0.39 is 10.0 Å². The average Bonchev–Trinajstić information content (AvgIpc) is 3.10. The van der Waals surface area contributed by atoms with Gasteiger partial charge >= 0.3 is 0 Å². The van der Waals surface area contributed by atoms with Crippen LogP contribution in [0.5, 0.6) is 0 Å². The van der Waals surface area contributed by atoms with Gasteiger partial charge in [-0.15, -0.1) is 12.4 Å². The van der Waals surface area contributed by atoms with E-state index in [9.17, 15) is 13.2 Å². The van der Waals surface area contributed by atoms with E-state index in [1.54, 1.807) is 12.1 Å². The Hall–Kier alpha value is -1.15. The summed E-state index contributed by atoms with van der Waals surface area (Å²) in [5.41, 5.74) is 1.03. The summed E-state index contributed by atoms with van der Waals surface area (Å²) < 4.78 is 27.3. The molecule has 2 fully saturated rings. The van der Waals surface area contributed by atoms with Gasteiger partial charge in [-0.3, -0.25) is 4.79 Å². The Labute approximate surface area is 168 Å². The van der Waals surface area contributed by atoms with E-state index in [0.29, 0.717) is 23.9 Å².